The smallest absolute Gasteiger partial charge is 0.162 e. The summed E-state index contributed by atoms with van der Waals surface area (Å²) in [6, 6.07) is 19.6. The second kappa shape index (κ2) is 7.98. The van der Waals surface area contributed by atoms with Crippen LogP contribution in [-0.2, 0) is 4.79 Å². The highest BCUT2D eigenvalue weighted by atomic mass is 35.5. The van der Waals surface area contributed by atoms with Gasteiger partial charge in [-0.3, -0.25) is 9.80 Å². The van der Waals surface area contributed by atoms with Crippen LogP contribution in [0.4, 0.5) is 0 Å². The number of benzene rings is 2. The summed E-state index contributed by atoms with van der Waals surface area (Å²) in [5.41, 5.74) is 10.4. The molecule has 0 aromatic heterocycles. The first-order valence-corrected chi connectivity index (χ1v) is 10.2. The number of halogens is 1. The van der Waals surface area contributed by atoms with Gasteiger partial charge in [-0.05, 0) is 35.6 Å². The van der Waals surface area contributed by atoms with E-state index in [4.69, 9.17) is 17.3 Å². The van der Waals surface area contributed by atoms with E-state index in [0.717, 1.165) is 16.8 Å². The summed E-state index contributed by atoms with van der Waals surface area (Å²) in [6.45, 7) is 0. The third-order valence-corrected chi connectivity index (χ3v) is 6.07. The molecule has 0 spiro atoms. The molecule has 0 fully saturated rings. The molecular formula is C24H23ClN4O. The summed E-state index contributed by atoms with van der Waals surface area (Å²) < 4.78 is 0. The molecule has 152 valence electrons. The highest BCUT2D eigenvalue weighted by Gasteiger charge is 2.43. The summed E-state index contributed by atoms with van der Waals surface area (Å²) in [4.78, 5) is 13.5. The van der Waals surface area contributed by atoms with Gasteiger partial charge < -0.3 is 5.73 Å². The Hall–Kier alpha value is -3.07. The fraction of sp³-hybridized carbons (Fsp3) is 0.250. The number of hydrazine groups is 1. The van der Waals surface area contributed by atoms with Crippen molar-refractivity contribution in [2.24, 2.45) is 5.73 Å². The summed E-state index contributed by atoms with van der Waals surface area (Å²) >= 11 is 6.07. The number of nitrogens with zero attached hydrogens (tertiary/aromatic N) is 3. The van der Waals surface area contributed by atoms with E-state index in [2.05, 4.69) is 18.2 Å². The fourth-order valence-electron chi connectivity index (χ4n) is 4.52. The number of hydrogen-bond donors (Lipinski definition) is 1. The minimum absolute atomic E-state index is 0.0529. The Balaban J connectivity index is 1.89. The third-order valence-electron chi connectivity index (χ3n) is 5.81. The van der Waals surface area contributed by atoms with Crippen molar-refractivity contribution in [3.8, 4) is 6.07 Å². The highest BCUT2D eigenvalue weighted by molar-refractivity contribution is 6.30. The van der Waals surface area contributed by atoms with E-state index in [1.54, 1.807) is 12.1 Å². The van der Waals surface area contributed by atoms with Gasteiger partial charge in [-0.2, -0.15) is 5.26 Å². The maximum Gasteiger partial charge on any atom is 0.162 e. The van der Waals surface area contributed by atoms with Crippen molar-refractivity contribution in [3.63, 3.8) is 0 Å². The number of nitrogens with two attached hydrogens (primary N) is 1. The number of ketones is 1. The average Bonchev–Trinajstić information content (AvgIpc) is 2.73. The Morgan fingerprint density at radius 1 is 1.07 bits per heavy atom. The van der Waals surface area contributed by atoms with Crippen molar-refractivity contribution in [2.45, 2.75) is 24.7 Å². The predicted octanol–water partition coefficient (Wildman–Crippen LogP) is 4.31. The van der Waals surface area contributed by atoms with E-state index in [1.807, 2.05) is 54.4 Å². The van der Waals surface area contributed by atoms with E-state index in [0.29, 0.717) is 34.8 Å². The van der Waals surface area contributed by atoms with E-state index in [9.17, 15) is 10.1 Å². The lowest BCUT2D eigenvalue weighted by atomic mass is 9.72. The van der Waals surface area contributed by atoms with Gasteiger partial charge in [0.15, 0.2) is 5.78 Å². The van der Waals surface area contributed by atoms with Crippen molar-refractivity contribution in [1.82, 2.24) is 10.0 Å². The molecule has 6 heteroatoms. The molecule has 30 heavy (non-hydrogen) atoms. The zero-order valence-corrected chi connectivity index (χ0v) is 17.7. The summed E-state index contributed by atoms with van der Waals surface area (Å²) in [5.74, 6) is 0.00441. The normalized spacial score (nSPS) is 21.7. The quantitative estimate of drug-likeness (QED) is 0.803. The topological polar surface area (TPSA) is 73.4 Å². The average molecular weight is 419 g/mol. The SMILES string of the molecule is CN(C)N1C(N)=C(C#N)C(c2ccc(Cl)cc2)C2=C1CC(c1ccccc1)CC2=O. The first-order valence-electron chi connectivity index (χ1n) is 9.86. The van der Waals surface area contributed by atoms with Gasteiger partial charge in [0.1, 0.15) is 5.82 Å². The van der Waals surface area contributed by atoms with Gasteiger partial charge in [-0.1, -0.05) is 54.1 Å². The number of carbonyl (C=O) groups is 1. The molecule has 0 bridgehead atoms. The number of hydrogen-bond acceptors (Lipinski definition) is 5. The van der Waals surface area contributed by atoms with E-state index in [1.165, 1.54) is 0 Å². The van der Waals surface area contributed by atoms with Crippen molar-refractivity contribution in [1.29, 1.82) is 5.26 Å². The summed E-state index contributed by atoms with van der Waals surface area (Å²) in [6.07, 6.45) is 1.08. The van der Waals surface area contributed by atoms with Gasteiger partial charge in [0, 0.05) is 36.8 Å². The lowest BCUT2D eigenvalue weighted by molar-refractivity contribution is -0.117. The van der Waals surface area contributed by atoms with Crippen LogP contribution in [0.2, 0.25) is 5.02 Å². The Morgan fingerprint density at radius 2 is 1.73 bits per heavy atom. The Labute approximate surface area is 181 Å². The molecule has 0 radical (unpaired) electrons. The molecule has 0 saturated heterocycles. The maximum atomic E-state index is 13.5. The van der Waals surface area contributed by atoms with Crippen LogP contribution in [0.3, 0.4) is 0 Å². The van der Waals surface area contributed by atoms with Crippen LogP contribution in [-0.4, -0.2) is 29.9 Å². The van der Waals surface area contributed by atoms with Crippen LogP contribution in [0.1, 0.15) is 35.8 Å². The highest BCUT2D eigenvalue weighted by Crippen LogP contribution is 2.48. The monoisotopic (exact) mass is 418 g/mol. The molecule has 2 aliphatic rings. The molecule has 1 aliphatic carbocycles. The molecule has 2 aromatic rings. The molecule has 2 N–H and O–H groups in total. The fourth-order valence-corrected chi connectivity index (χ4v) is 4.64. The van der Waals surface area contributed by atoms with Gasteiger partial charge in [0.2, 0.25) is 0 Å². The molecule has 4 rings (SSSR count). The second-order valence-electron chi connectivity index (χ2n) is 7.85. The van der Waals surface area contributed by atoms with Gasteiger partial charge in [-0.15, -0.1) is 0 Å². The van der Waals surface area contributed by atoms with Gasteiger partial charge in [0.25, 0.3) is 0 Å². The zero-order valence-electron chi connectivity index (χ0n) is 17.0. The van der Waals surface area contributed by atoms with Crippen LogP contribution >= 0.6 is 11.6 Å². The molecule has 5 nitrogen and oxygen atoms in total. The zero-order chi connectivity index (χ0) is 21.4. The molecule has 0 saturated carbocycles. The number of carbonyl (C=O) groups excluding carboxylic acids is 1. The van der Waals surface area contributed by atoms with Crippen LogP contribution in [0.15, 0.2) is 77.3 Å². The number of allylic oxidation sites excluding steroid dienone is 3. The standard InChI is InChI=1S/C24H23ClN4O/c1-28(2)29-20-12-17(15-6-4-3-5-7-15)13-21(30)23(20)22(19(14-26)24(29)27)16-8-10-18(25)11-9-16/h3-11,17,22H,12-13,27H2,1-2H3. The summed E-state index contributed by atoms with van der Waals surface area (Å²) in [7, 11) is 3.73. The lowest BCUT2D eigenvalue weighted by Gasteiger charge is -2.43. The number of nitriles is 1. The largest absolute Gasteiger partial charge is 0.383 e. The molecule has 2 aromatic carbocycles. The van der Waals surface area contributed by atoms with Crippen molar-refractivity contribution >= 4 is 17.4 Å². The minimum atomic E-state index is -0.484. The van der Waals surface area contributed by atoms with E-state index in [-0.39, 0.29) is 11.7 Å². The van der Waals surface area contributed by atoms with Gasteiger partial charge in [-0.25, -0.2) is 5.01 Å². The van der Waals surface area contributed by atoms with Gasteiger partial charge >= 0.3 is 0 Å². The second-order valence-corrected chi connectivity index (χ2v) is 8.29. The van der Waals surface area contributed by atoms with Crippen molar-refractivity contribution in [2.75, 3.05) is 14.1 Å². The number of rotatable bonds is 3. The summed E-state index contributed by atoms with van der Waals surface area (Å²) in [5, 5.41) is 14.2. The molecular weight excluding hydrogens is 396 g/mol. The maximum absolute atomic E-state index is 13.5. The van der Waals surface area contributed by atoms with Gasteiger partial charge in [0.05, 0.1) is 17.6 Å². The number of Topliss-reactive ketones (excluding diaryl/α,β-unsaturated/α-hetero) is 1. The minimum Gasteiger partial charge on any atom is -0.383 e. The Morgan fingerprint density at radius 3 is 2.33 bits per heavy atom. The van der Waals surface area contributed by atoms with Crippen LogP contribution < -0.4 is 5.73 Å². The predicted molar refractivity (Wildman–Crippen MR) is 117 cm³/mol. The van der Waals surface area contributed by atoms with Crippen molar-refractivity contribution in [3.05, 3.63) is 93.4 Å². The first kappa shape index (κ1) is 20.2. The molecule has 2 unspecified atom stereocenters. The van der Waals surface area contributed by atoms with Crippen LogP contribution in [0, 0.1) is 11.3 Å². The van der Waals surface area contributed by atoms with Crippen LogP contribution in [0.5, 0.6) is 0 Å². The Bertz CT molecular complexity index is 1080. The lowest BCUT2D eigenvalue weighted by Crippen LogP contribution is -2.46. The Kier molecular flexibility index (Phi) is 5.38. The third kappa shape index (κ3) is 3.39. The molecule has 1 aliphatic heterocycles. The molecule has 2 atom stereocenters. The first-order chi connectivity index (χ1) is 14.4. The van der Waals surface area contributed by atoms with Crippen LogP contribution in [0.25, 0.3) is 0 Å². The molecule has 1 heterocycles. The van der Waals surface area contributed by atoms with Crippen molar-refractivity contribution < 1.29 is 4.79 Å². The van der Waals surface area contributed by atoms with E-state index < -0.39 is 5.92 Å². The molecule has 0 amide bonds. The van der Waals surface area contributed by atoms with E-state index >= 15 is 0 Å².